The van der Waals surface area contributed by atoms with E-state index in [0.717, 1.165) is 17.0 Å². The monoisotopic (exact) mass is 245 g/mol. The Hall–Kier alpha value is -1.81. The van der Waals surface area contributed by atoms with Crippen LogP contribution >= 0.6 is 0 Å². The second-order valence-corrected chi connectivity index (χ2v) is 4.33. The molecule has 0 aliphatic carbocycles. The van der Waals surface area contributed by atoms with Crippen molar-refractivity contribution in [1.82, 2.24) is 15.1 Å². The number of hydrogen-bond acceptors (Lipinski definition) is 3. The fourth-order valence-electron chi connectivity index (χ4n) is 2.17. The third-order valence-corrected chi connectivity index (χ3v) is 3.21. The molecule has 1 N–H and O–H groups in total. The molecule has 0 amide bonds. The number of aromatic nitrogens is 2. The van der Waals surface area contributed by atoms with Gasteiger partial charge in [0.2, 0.25) is 0 Å². The van der Waals surface area contributed by atoms with Crippen LogP contribution in [0.4, 0.5) is 0 Å². The highest BCUT2D eigenvalue weighted by Crippen LogP contribution is 2.26. The Morgan fingerprint density at radius 2 is 2.11 bits per heavy atom. The third kappa shape index (κ3) is 2.24. The second-order valence-electron chi connectivity index (χ2n) is 4.33. The number of methoxy groups -OCH3 is 1. The molecule has 0 saturated carbocycles. The Bertz CT molecular complexity index is 534. The van der Waals surface area contributed by atoms with E-state index in [9.17, 15) is 0 Å². The summed E-state index contributed by atoms with van der Waals surface area (Å²) in [6.45, 7) is 2.04. The average molecular weight is 245 g/mol. The zero-order valence-electron chi connectivity index (χ0n) is 11.3. The van der Waals surface area contributed by atoms with Crippen molar-refractivity contribution in [3.63, 3.8) is 0 Å². The van der Waals surface area contributed by atoms with Gasteiger partial charge in [-0.3, -0.25) is 4.68 Å². The number of ether oxygens (including phenoxy) is 1. The molecule has 0 fully saturated rings. The van der Waals surface area contributed by atoms with Crippen LogP contribution in [0.5, 0.6) is 5.75 Å². The van der Waals surface area contributed by atoms with Crippen LogP contribution in [0, 0.1) is 6.92 Å². The first-order chi connectivity index (χ1) is 8.67. The Labute approximate surface area is 108 Å². The summed E-state index contributed by atoms with van der Waals surface area (Å²) in [5, 5.41) is 7.53. The van der Waals surface area contributed by atoms with Crippen molar-refractivity contribution in [2.24, 2.45) is 7.05 Å². The van der Waals surface area contributed by atoms with E-state index in [1.807, 2.05) is 38.0 Å². The van der Waals surface area contributed by atoms with Gasteiger partial charge in [0.1, 0.15) is 5.75 Å². The van der Waals surface area contributed by atoms with Crippen LogP contribution in [0.15, 0.2) is 30.5 Å². The minimum absolute atomic E-state index is 0.118. The largest absolute Gasteiger partial charge is 0.496 e. The van der Waals surface area contributed by atoms with E-state index in [-0.39, 0.29) is 6.04 Å². The zero-order chi connectivity index (χ0) is 13.1. The number of nitrogens with one attached hydrogen (secondary N) is 1. The van der Waals surface area contributed by atoms with E-state index < -0.39 is 0 Å². The molecule has 1 heterocycles. The first-order valence-electron chi connectivity index (χ1n) is 5.97. The van der Waals surface area contributed by atoms with E-state index in [4.69, 9.17) is 4.74 Å². The van der Waals surface area contributed by atoms with Crippen molar-refractivity contribution in [1.29, 1.82) is 0 Å². The lowest BCUT2D eigenvalue weighted by molar-refractivity contribution is 0.410. The maximum atomic E-state index is 5.38. The van der Waals surface area contributed by atoms with Gasteiger partial charge >= 0.3 is 0 Å². The topological polar surface area (TPSA) is 39.1 Å². The molecule has 1 aromatic heterocycles. The summed E-state index contributed by atoms with van der Waals surface area (Å²) in [5.74, 6) is 0.912. The van der Waals surface area contributed by atoms with Gasteiger partial charge in [0.15, 0.2) is 0 Å². The van der Waals surface area contributed by atoms with Crippen LogP contribution in [-0.2, 0) is 7.05 Å². The fourth-order valence-corrected chi connectivity index (χ4v) is 2.17. The van der Waals surface area contributed by atoms with Crippen molar-refractivity contribution in [2.75, 3.05) is 14.2 Å². The van der Waals surface area contributed by atoms with Gasteiger partial charge in [-0.05, 0) is 37.2 Å². The average Bonchev–Trinajstić information content (AvgIpc) is 2.79. The lowest BCUT2D eigenvalue weighted by Crippen LogP contribution is -2.20. The molecule has 18 heavy (non-hydrogen) atoms. The molecule has 0 aliphatic rings. The van der Waals surface area contributed by atoms with Crippen LogP contribution < -0.4 is 10.1 Å². The van der Waals surface area contributed by atoms with Gasteiger partial charge < -0.3 is 10.1 Å². The smallest absolute Gasteiger partial charge is 0.122 e. The normalized spacial score (nSPS) is 12.4. The maximum absolute atomic E-state index is 5.38. The van der Waals surface area contributed by atoms with Crippen molar-refractivity contribution < 1.29 is 4.74 Å². The molecule has 1 atom stereocenters. The predicted octanol–water partition coefficient (Wildman–Crippen LogP) is 2.05. The molecule has 2 aromatic rings. The molecule has 0 saturated heterocycles. The molecule has 4 nitrogen and oxygen atoms in total. The van der Waals surface area contributed by atoms with E-state index >= 15 is 0 Å². The van der Waals surface area contributed by atoms with Crippen molar-refractivity contribution >= 4 is 0 Å². The van der Waals surface area contributed by atoms with Gasteiger partial charge in [-0.15, -0.1) is 0 Å². The van der Waals surface area contributed by atoms with Crippen molar-refractivity contribution in [3.8, 4) is 5.75 Å². The van der Waals surface area contributed by atoms with Crippen LogP contribution in [0.2, 0.25) is 0 Å². The maximum Gasteiger partial charge on any atom is 0.122 e. The summed E-state index contributed by atoms with van der Waals surface area (Å²) in [5.41, 5.74) is 3.44. The quantitative estimate of drug-likeness (QED) is 0.896. The molecular formula is C14H19N3O. The molecule has 96 valence electrons. The molecular weight excluding hydrogens is 226 g/mol. The Morgan fingerprint density at radius 1 is 1.33 bits per heavy atom. The van der Waals surface area contributed by atoms with Gasteiger partial charge in [-0.1, -0.05) is 12.1 Å². The van der Waals surface area contributed by atoms with Gasteiger partial charge in [0.25, 0.3) is 0 Å². The molecule has 4 heteroatoms. The third-order valence-electron chi connectivity index (χ3n) is 3.21. The number of hydrogen-bond donors (Lipinski definition) is 1. The zero-order valence-corrected chi connectivity index (χ0v) is 11.3. The van der Waals surface area contributed by atoms with E-state index in [1.165, 1.54) is 5.56 Å². The molecule has 1 aromatic carbocycles. The number of nitrogens with zero attached hydrogens (tertiary/aromatic N) is 2. The summed E-state index contributed by atoms with van der Waals surface area (Å²) in [4.78, 5) is 0. The number of aryl methyl sites for hydroxylation is 2. The van der Waals surface area contributed by atoms with Gasteiger partial charge in [0, 0.05) is 13.2 Å². The highest BCUT2D eigenvalue weighted by molar-refractivity contribution is 5.40. The van der Waals surface area contributed by atoms with Gasteiger partial charge in [0.05, 0.1) is 18.8 Å². The lowest BCUT2D eigenvalue weighted by atomic mass is 10.0. The minimum Gasteiger partial charge on any atom is -0.496 e. The SMILES string of the molecule is CNC(c1ccc(C)c(OC)c1)c1ccnn1C. The summed E-state index contributed by atoms with van der Waals surface area (Å²) in [6.07, 6.45) is 1.81. The highest BCUT2D eigenvalue weighted by Gasteiger charge is 2.16. The van der Waals surface area contributed by atoms with E-state index in [0.29, 0.717) is 0 Å². The number of benzene rings is 1. The van der Waals surface area contributed by atoms with Gasteiger partial charge in [-0.25, -0.2) is 0 Å². The Morgan fingerprint density at radius 3 is 2.67 bits per heavy atom. The molecule has 0 radical (unpaired) electrons. The van der Waals surface area contributed by atoms with Crippen LogP contribution in [0.1, 0.15) is 22.9 Å². The summed E-state index contributed by atoms with van der Waals surface area (Å²) < 4.78 is 7.26. The molecule has 0 bridgehead atoms. The standard InChI is InChI=1S/C14H19N3O/c1-10-5-6-11(9-13(10)18-4)14(15-2)12-7-8-16-17(12)3/h5-9,14-15H,1-4H3. The summed E-state index contributed by atoms with van der Waals surface area (Å²) in [7, 11) is 5.60. The molecule has 2 rings (SSSR count). The van der Waals surface area contributed by atoms with Crippen molar-refractivity contribution in [3.05, 3.63) is 47.3 Å². The van der Waals surface area contributed by atoms with E-state index in [2.05, 4.69) is 28.6 Å². The minimum atomic E-state index is 0.118. The fraction of sp³-hybridized carbons (Fsp3) is 0.357. The molecule has 0 aliphatic heterocycles. The van der Waals surface area contributed by atoms with Crippen molar-refractivity contribution in [2.45, 2.75) is 13.0 Å². The van der Waals surface area contributed by atoms with Crippen LogP contribution in [0.25, 0.3) is 0 Å². The lowest BCUT2D eigenvalue weighted by Gasteiger charge is -2.18. The Kier molecular flexibility index (Phi) is 3.67. The van der Waals surface area contributed by atoms with Gasteiger partial charge in [-0.2, -0.15) is 5.10 Å². The summed E-state index contributed by atoms with van der Waals surface area (Å²) >= 11 is 0. The first kappa shape index (κ1) is 12.6. The molecule has 0 spiro atoms. The van der Waals surface area contributed by atoms with Crippen LogP contribution in [-0.4, -0.2) is 23.9 Å². The Balaban J connectivity index is 2.42. The summed E-state index contributed by atoms with van der Waals surface area (Å²) in [6, 6.07) is 8.41. The second kappa shape index (κ2) is 5.23. The number of rotatable bonds is 4. The highest BCUT2D eigenvalue weighted by atomic mass is 16.5. The van der Waals surface area contributed by atoms with Crippen LogP contribution in [0.3, 0.4) is 0 Å². The van der Waals surface area contributed by atoms with E-state index in [1.54, 1.807) is 7.11 Å². The first-order valence-corrected chi connectivity index (χ1v) is 5.97. The predicted molar refractivity (Wildman–Crippen MR) is 71.8 cm³/mol. The molecule has 1 unspecified atom stereocenters.